The Kier molecular flexibility index (Phi) is 1.29. The minimum absolute atomic E-state index is 0.103. The third-order valence-corrected chi connectivity index (χ3v) is 2.29. The fourth-order valence-electron chi connectivity index (χ4n) is 1.74. The summed E-state index contributed by atoms with van der Waals surface area (Å²) >= 11 is 0. The van der Waals surface area contributed by atoms with E-state index in [-0.39, 0.29) is 6.09 Å². The summed E-state index contributed by atoms with van der Waals surface area (Å²) in [4.78, 5) is 12.8. The zero-order chi connectivity index (χ0) is 6.97. The molecule has 2 aliphatic heterocycles. The zero-order valence-electron chi connectivity index (χ0n) is 5.88. The Hall–Kier alpha value is -0.730. The first-order valence-corrected chi connectivity index (χ1v) is 3.81. The monoisotopic (exact) mass is 141 g/mol. The van der Waals surface area contributed by atoms with Gasteiger partial charge in [-0.15, -0.1) is 0 Å². The van der Waals surface area contributed by atoms with Crippen LogP contribution >= 0.6 is 0 Å². The van der Waals surface area contributed by atoms with Gasteiger partial charge in [-0.1, -0.05) is 0 Å². The van der Waals surface area contributed by atoms with Crippen LogP contribution in [0.4, 0.5) is 4.79 Å². The summed E-state index contributed by atoms with van der Waals surface area (Å²) in [5.74, 6) is 0. The Morgan fingerprint density at radius 3 is 3.20 bits per heavy atom. The molecule has 1 amide bonds. The first-order valence-electron chi connectivity index (χ1n) is 3.81. The first-order chi connectivity index (χ1) is 4.88. The van der Waals surface area contributed by atoms with Crippen molar-refractivity contribution in [3.63, 3.8) is 0 Å². The highest BCUT2D eigenvalue weighted by atomic mass is 16.6. The Morgan fingerprint density at radius 2 is 2.40 bits per heavy atom. The lowest BCUT2D eigenvalue weighted by atomic mass is 10.1. The maximum Gasteiger partial charge on any atom is 0.410 e. The molecule has 0 aromatic rings. The predicted molar refractivity (Wildman–Crippen MR) is 35.7 cm³/mol. The second kappa shape index (κ2) is 2.15. The van der Waals surface area contributed by atoms with Gasteiger partial charge in [-0.25, -0.2) is 4.79 Å². The number of carbonyl (C=O) groups is 1. The van der Waals surface area contributed by atoms with Crippen molar-refractivity contribution in [2.24, 2.45) is 0 Å². The van der Waals surface area contributed by atoms with E-state index in [9.17, 15) is 4.79 Å². The van der Waals surface area contributed by atoms with Crippen molar-refractivity contribution in [3.8, 4) is 0 Å². The van der Waals surface area contributed by atoms with Gasteiger partial charge in [0.25, 0.3) is 0 Å². The molecular formula is C7H11NO2. The van der Waals surface area contributed by atoms with E-state index in [4.69, 9.17) is 4.74 Å². The molecule has 2 heterocycles. The maximum atomic E-state index is 11.0. The van der Waals surface area contributed by atoms with Crippen molar-refractivity contribution < 1.29 is 9.53 Å². The highest BCUT2D eigenvalue weighted by Crippen LogP contribution is 2.23. The van der Waals surface area contributed by atoms with Crippen LogP contribution in [0.15, 0.2) is 0 Å². The lowest BCUT2D eigenvalue weighted by Gasteiger charge is -2.28. The second-order valence-corrected chi connectivity index (χ2v) is 2.89. The summed E-state index contributed by atoms with van der Waals surface area (Å²) in [6.07, 6.45) is 3.26. The van der Waals surface area contributed by atoms with Crippen molar-refractivity contribution in [1.29, 1.82) is 0 Å². The fourth-order valence-corrected chi connectivity index (χ4v) is 1.74. The number of ether oxygens (including phenoxy) is 1. The summed E-state index contributed by atoms with van der Waals surface area (Å²) in [5.41, 5.74) is 0. The summed E-state index contributed by atoms with van der Waals surface area (Å²) in [7, 11) is 0. The Bertz CT molecular complexity index is 158. The van der Waals surface area contributed by atoms with E-state index in [0.29, 0.717) is 12.6 Å². The number of amides is 1. The Labute approximate surface area is 60.0 Å². The van der Waals surface area contributed by atoms with Gasteiger partial charge in [-0.05, 0) is 12.8 Å². The molecule has 3 heteroatoms. The van der Waals surface area contributed by atoms with Gasteiger partial charge in [-0.3, -0.25) is 0 Å². The lowest BCUT2D eigenvalue weighted by Crippen LogP contribution is -2.41. The largest absolute Gasteiger partial charge is 0.449 e. The van der Waals surface area contributed by atoms with Gasteiger partial charge in [0, 0.05) is 19.0 Å². The average molecular weight is 141 g/mol. The molecule has 0 saturated carbocycles. The molecule has 3 nitrogen and oxygen atoms in total. The number of rotatable bonds is 0. The molecule has 10 heavy (non-hydrogen) atoms. The predicted octanol–water partition coefficient (Wildman–Crippen LogP) is 0.991. The molecule has 2 saturated heterocycles. The van der Waals surface area contributed by atoms with E-state index in [0.717, 1.165) is 19.4 Å². The number of nitrogens with zero attached hydrogens (tertiary/aromatic N) is 1. The van der Waals surface area contributed by atoms with Crippen LogP contribution in [0, 0.1) is 0 Å². The standard InChI is InChI=1S/C7H11NO2/c9-7-8-4-1-2-6(8)3-5-10-7/h6H,1-5H2. The number of cyclic esters (lactones) is 1. The smallest absolute Gasteiger partial charge is 0.410 e. The number of hydrogen-bond acceptors (Lipinski definition) is 2. The molecule has 0 aliphatic carbocycles. The quantitative estimate of drug-likeness (QED) is 0.503. The summed E-state index contributed by atoms with van der Waals surface area (Å²) < 4.78 is 4.88. The number of hydrogen-bond donors (Lipinski definition) is 0. The van der Waals surface area contributed by atoms with Gasteiger partial charge in [0.05, 0.1) is 6.61 Å². The Morgan fingerprint density at radius 1 is 1.50 bits per heavy atom. The molecule has 0 N–H and O–H groups in total. The van der Waals surface area contributed by atoms with Crippen molar-refractivity contribution in [2.45, 2.75) is 25.3 Å². The van der Waals surface area contributed by atoms with Crippen LogP contribution in [0.2, 0.25) is 0 Å². The van der Waals surface area contributed by atoms with Crippen molar-refractivity contribution in [2.75, 3.05) is 13.2 Å². The van der Waals surface area contributed by atoms with Gasteiger partial charge in [0.15, 0.2) is 0 Å². The third kappa shape index (κ3) is 0.770. The van der Waals surface area contributed by atoms with Crippen LogP contribution < -0.4 is 0 Å². The van der Waals surface area contributed by atoms with Crippen LogP contribution in [0.1, 0.15) is 19.3 Å². The highest BCUT2D eigenvalue weighted by Gasteiger charge is 2.32. The van der Waals surface area contributed by atoms with Crippen LogP contribution in [0.3, 0.4) is 0 Å². The molecule has 0 aromatic heterocycles. The van der Waals surface area contributed by atoms with Gasteiger partial charge in [-0.2, -0.15) is 0 Å². The van der Waals surface area contributed by atoms with E-state index in [1.54, 1.807) is 0 Å². The third-order valence-electron chi connectivity index (χ3n) is 2.29. The van der Waals surface area contributed by atoms with Gasteiger partial charge >= 0.3 is 6.09 Å². The van der Waals surface area contributed by atoms with Gasteiger partial charge in [0.2, 0.25) is 0 Å². The molecule has 0 spiro atoms. The molecule has 0 bridgehead atoms. The van der Waals surface area contributed by atoms with E-state index >= 15 is 0 Å². The van der Waals surface area contributed by atoms with Crippen LogP contribution in [0.25, 0.3) is 0 Å². The second-order valence-electron chi connectivity index (χ2n) is 2.89. The van der Waals surface area contributed by atoms with Crippen molar-refractivity contribution in [3.05, 3.63) is 0 Å². The minimum Gasteiger partial charge on any atom is -0.449 e. The molecular weight excluding hydrogens is 130 g/mol. The summed E-state index contributed by atoms with van der Waals surface area (Å²) in [6.45, 7) is 1.53. The van der Waals surface area contributed by atoms with Crippen molar-refractivity contribution in [1.82, 2.24) is 4.90 Å². The SMILES string of the molecule is O=C1OCCC2CCCN12. The zero-order valence-corrected chi connectivity index (χ0v) is 5.88. The minimum atomic E-state index is -0.103. The molecule has 56 valence electrons. The molecule has 0 radical (unpaired) electrons. The number of carbonyl (C=O) groups excluding carboxylic acids is 1. The molecule has 2 rings (SSSR count). The van der Waals surface area contributed by atoms with E-state index < -0.39 is 0 Å². The van der Waals surface area contributed by atoms with Crippen molar-refractivity contribution >= 4 is 6.09 Å². The van der Waals surface area contributed by atoms with E-state index in [2.05, 4.69) is 0 Å². The Balaban J connectivity index is 2.10. The summed E-state index contributed by atoms with van der Waals surface area (Å²) in [6, 6.07) is 0.501. The fraction of sp³-hybridized carbons (Fsp3) is 0.857. The molecule has 2 aliphatic rings. The van der Waals surface area contributed by atoms with Crippen LogP contribution in [0.5, 0.6) is 0 Å². The summed E-state index contributed by atoms with van der Waals surface area (Å²) in [5, 5.41) is 0. The molecule has 1 unspecified atom stereocenters. The molecule has 1 atom stereocenters. The van der Waals surface area contributed by atoms with E-state index in [1.807, 2.05) is 4.90 Å². The topological polar surface area (TPSA) is 29.5 Å². The van der Waals surface area contributed by atoms with Gasteiger partial charge < -0.3 is 9.64 Å². The first kappa shape index (κ1) is 6.01. The molecule has 0 aromatic carbocycles. The van der Waals surface area contributed by atoms with Gasteiger partial charge in [0.1, 0.15) is 0 Å². The maximum absolute atomic E-state index is 11.0. The molecule has 2 fully saturated rings. The lowest BCUT2D eigenvalue weighted by molar-refractivity contribution is 0.0605. The average Bonchev–Trinajstić information content (AvgIpc) is 2.36. The number of fused-ring (bicyclic) bond motifs is 1. The highest BCUT2D eigenvalue weighted by molar-refractivity contribution is 5.69. The van der Waals surface area contributed by atoms with E-state index in [1.165, 1.54) is 6.42 Å². The normalized spacial score (nSPS) is 31.8. The van der Waals surface area contributed by atoms with Crippen LogP contribution in [-0.4, -0.2) is 30.2 Å². The van der Waals surface area contributed by atoms with Crippen LogP contribution in [-0.2, 0) is 4.74 Å².